The lowest BCUT2D eigenvalue weighted by Crippen LogP contribution is -2.27. The third-order valence-electron chi connectivity index (χ3n) is 3.12. The van der Waals surface area contributed by atoms with Gasteiger partial charge < -0.3 is 11.1 Å². The Morgan fingerprint density at radius 3 is 3.06 bits per heavy atom. The molecule has 2 rings (SSSR count). The van der Waals surface area contributed by atoms with E-state index in [-0.39, 0.29) is 5.28 Å². The molecule has 3 N–H and O–H groups in total. The molecule has 0 unspecified atom stereocenters. The van der Waals surface area contributed by atoms with Crippen LogP contribution in [0.1, 0.15) is 31.2 Å². The van der Waals surface area contributed by atoms with Gasteiger partial charge in [0, 0.05) is 25.2 Å². The van der Waals surface area contributed by atoms with Crippen LogP contribution in [0, 0.1) is 17.8 Å². The van der Waals surface area contributed by atoms with Crippen LogP contribution in [-0.4, -0.2) is 23.1 Å². The Kier molecular flexibility index (Phi) is 4.40. The summed E-state index contributed by atoms with van der Waals surface area (Å²) in [4.78, 5) is 8.04. The molecule has 18 heavy (non-hydrogen) atoms. The molecule has 0 saturated heterocycles. The van der Waals surface area contributed by atoms with E-state index < -0.39 is 0 Å². The monoisotopic (exact) mass is 264 g/mol. The van der Waals surface area contributed by atoms with Crippen LogP contribution in [0.4, 0.5) is 5.82 Å². The van der Waals surface area contributed by atoms with Crippen LogP contribution in [0.3, 0.4) is 0 Å². The van der Waals surface area contributed by atoms with Crippen molar-refractivity contribution in [3.05, 3.63) is 17.0 Å². The second kappa shape index (κ2) is 6.03. The van der Waals surface area contributed by atoms with Crippen LogP contribution in [0.25, 0.3) is 0 Å². The predicted octanol–water partition coefficient (Wildman–Crippen LogP) is 2.04. The summed E-state index contributed by atoms with van der Waals surface area (Å²) in [7, 11) is 1.79. The smallest absolute Gasteiger partial charge is 0.224 e. The highest BCUT2D eigenvalue weighted by Gasteiger charge is 2.17. The molecule has 1 saturated carbocycles. The van der Waals surface area contributed by atoms with Crippen molar-refractivity contribution in [3.63, 3.8) is 0 Å². The largest absolute Gasteiger partial charge is 0.372 e. The SMILES string of the molecule is CNc1nc(Cl)ncc1C#C[C@@H]1CCC[C@H](N)C1. The normalized spacial score (nSPS) is 23.1. The molecule has 5 heteroatoms. The zero-order chi connectivity index (χ0) is 13.0. The lowest BCUT2D eigenvalue weighted by atomic mass is 9.86. The minimum Gasteiger partial charge on any atom is -0.372 e. The number of hydrogen-bond acceptors (Lipinski definition) is 4. The van der Waals surface area contributed by atoms with E-state index in [9.17, 15) is 0 Å². The average Bonchev–Trinajstić information content (AvgIpc) is 2.37. The summed E-state index contributed by atoms with van der Waals surface area (Å²) < 4.78 is 0. The molecule has 1 fully saturated rings. The molecule has 0 aliphatic heterocycles. The Morgan fingerprint density at radius 2 is 2.33 bits per heavy atom. The Bertz CT molecular complexity index is 478. The summed E-state index contributed by atoms with van der Waals surface area (Å²) in [5.74, 6) is 7.45. The summed E-state index contributed by atoms with van der Waals surface area (Å²) in [6, 6.07) is 0.295. The molecular formula is C13H17ClN4. The zero-order valence-corrected chi connectivity index (χ0v) is 11.2. The van der Waals surface area contributed by atoms with Gasteiger partial charge in [0.2, 0.25) is 5.28 Å². The van der Waals surface area contributed by atoms with E-state index in [1.165, 1.54) is 0 Å². The van der Waals surface area contributed by atoms with Crippen LogP contribution in [0.5, 0.6) is 0 Å². The van der Waals surface area contributed by atoms with E-state index in [4.69, 9.17) is 17.3 Å². The first-order valence-corrected chi connectivity index (χ1v) is 6.54. The number of hydrogen-bond donors (Lipinski definition) is 2. The van der Waals surface area contributed by atoms with Gasteiger partial charge in [0.1, 0.15) is 5.82 Å². The number of aromatic nitrogens is 2. The summed E-state index contributed by atoms with van der Waals surface area (Å²) in [6.45, 7) is 0. The van der Waals surface area contributed by atoms with Crippen molar-refractivity contribution < 1.29 is 0 Å². The summed E-state index contributed by atoms with van der Waals surface area (Å²) in [5, 5.41) is 3.20. The summed E-state index contributed by atoms with van der Waals surface area (Å²) in [6.07, 6.45) is 6.04. The zero-order valence-electron chi connectivity index (χ0n) is 10.4. The van der Waals surface area contributed by atoms with Crippen molar-refractivity contribution in [2.75, 3.05) is 12.4 Å². The molecule has 0 radical (unpaired) electrons. The number of nitrogens with two attached hydrogens (primary N) is 1. The Balaban J connectivity index is 2.13. The van der Waals surface area contributed by atoms with E-state index in [0.29, 0.717) is 17.8 Å². The molecule has 96 valence electrons. The van der Waals surface area contributed by atoms with E-state index in [2.05, 4.69) is 27.1 Å². The lowest BCUT2D eigenvalue weighted by molar-refractivity contribution is 0.381. The van der Waals surface area contributed by atoms with Crippen molar-refractivity contribution in [2.45, 2.75) is 31.7 Å². The second-order valence-electron chi connectivity index (χ2n) is 4.54. The molecule has 1 aromatic rings. The molecule has 2 atom stereocenters. The first-order chi connectivity index (χ1) is 8.69. The first-order valence-electron chi connectivity index (χ1n) is 6.16. The fraction of sp³-hybridized carbons (Fsp3) is 0.538. The Labute approximate surface area is 112 Å². The molecule has 1 aliphatic rings. The van der Waals surface area contributed by atoms with Gasteiger partial charge in [-0.15, -0.1) is 0 Å². The van der Waals surface area contributed by atoms with E-state index in [1.54, 1.807) is 13.2 Å². The van der Waals surface area contributed by atoms with Crippen LogP contribution >= 0.6 is 11.6 Å². The number of anilines is 1. The standard InChI is InChI=1S/C13H17ClN4/c1-16-12-10(8-17-13(14)18-12)6-5-9-3-2-4-11(15)7-9/h8-9,11H,2-4,7,15H2,1H3,(H,16,17,18)/t9-,11-/m0/s1. The van der Waals surface area contributed by atoms with Crippen LogP contribution in [-0.2, 0) is 0 Å². The van der Waals surface area contributed by atoms with Crippen molar-refractivity contribution >= 4 is 17.4 Å². The molecule has 0 amide bonds. The van der Waals surface area contributed by atoms with E-state index in [0.717, 1.165) is 31.2 Å². The number of halogens is 1. The molecule has 0 spiro atoms. The van der Waals surface area contributed by atoms with Gasteiger partial charge in [-0.05, 0) is 30.9 Å². The minimum absolute atomic E-state index is 0.226. The van der Waals surface area contributed by atoms with E-state index >= 15 is 0 Å². The summed E-state index contributed by atoms with van der Waals surface area (Å²) >= 11 is 5.74. The van der Waals surface area contributed by atoms with Gasteiger partial charge in [-0.1, -0.05) is 18.3 Å². The summed E-state index contributed by atoms with van der Waals surface area (Å²) in [5.41, 5.74) is 6.73. The molecule has 1 aromatic heterocycles. The van der Waals surface area contributed by atoms with Gasteiger partial charge in [-0.2, -0.15) is 4.98 Å². The fourth-order valence-corrected chi connectivity index (χ4v) is 2.31. The van der Waals surface area contributed by atoms with Gasteiger partial charge in [0.05, 0.1) is 5.56 Å². The van der Waals surface area contributed by atoms with Crippen molar-refractivity contribution in [3.8, 4) is 11.8 Å². The maximum absolute atomic E-state index is 5.95. The topological polar surface area (TPSA) is 63.8 Å². The van der Waals surface area contributed by atoms with Gasteiger partial charge in [0.25, 0.3) is 0 Å². The Hall–Kier alpha value is -1.31. The first kappa shape index (κ1) is 13.1. The fourth-order valence-electron chi connectivity index (χ4n) is 2.18. The molecular weight excluding hydrogens is 248 g/mol. The van der Waals surface area contributed by atoms with Gasteiger partial charge in [0.15, 0.2) is 0 Å². The van der Waals surface area contributed by atoms with Gasteiger partial charge >= 0.3 is 0 Å². The molecule has 0 bridgehead atoms. The van der Waals surface area contributed by atoms with Crippen molar-refractivity contribution in [2.24, 2.45) is 11.7 Å². The third-order valence-corrected chi connectivity index (χ3v) is 3.30. The highest BCUT2D eigenvalue weighted by Crippen LogP contribution is 2.22. The molecule has 0 aromatic carbocycles. The number of rotatable bonds is 1. The van der Waals surface area contributed by atoms with Gasteiger partial charge in [-0.3, -0.25) is 0 Å². The van der Waals surface area contributed by atoms with E-state index in [1.807, 2.05) is 0 Å². The second-order valence-corrected chi connectivity index (χ2v) is 4.88. The molecule has 1 aliphatic carbocycles. The van der Waals surface area contributed by atoms with Crippen LogP contribution in [0.15, 0.2) is 6.20 Å². The lowest BCUT2D eigenvalue weighted by Gasteiger charge is -2.22. The third kappa shape index (κ3) is 3.34. The maximum Gasteiger partial charge on any atom is 0.224 e. The quantitative estimate of drug-likeness (QED) is 0.602. The van der Waals surface area contributed by atoms with Crippen molar-refractivity contribution in [1.82, 2.24) is 9.97 Å². The van der Waals surface area contributed by atoms with Crippen molar-refractivity contribution in [1.29, 1.82) is 0 Å². The van der Waals surface area contributed by atoms with Crippen LogP contribution in [0.2, 0.25) is 5.28 Å². The van der Waals surface area contributed by atoms with Gasteiger partial charge in [-0.25, -0.2) is 4.98 Å². The highest BCUT2D eigenvalue weighted by molar-refractivity contribution is 6.28. The predicted molar refractivity (Wildman–Crippen MR) is 73.4 cm³/mol. The Morgan fingerprint density at radius 1 is 1.50 bits per heavy atom. The average molecular weight is 265 g/mol. The highest BCUT2D eigenvalue weighted by atomic mass is 35.5. The minimum atomic E-state index is 0.226. The maximum atomic E-state index is 5.95. The number of nitrogens with one attached hydrogen (secondary N) is 1. The molecule has 1 heterocycles. The van der Waals surface area contributed by atoms with Crippen LogP contribution < -0.4 is 11.1 Å². The molecule has 4 nitrogen and oxygen atoms in total. The number of nitrogens with zero attached hydrogens (tertiary/aromatic N) is 2.